The van der Waals surface area contributed by atoms with Gasteiger partial charge in [-0.05, 0) is 35.2 Å². The Labute approximate surface area is 191 Å². The smallest absolute Gasteiger partial charge is 0.244 e. The van der Waals surface area contributed by atoms with Gasteiger partial charge in [0, 0.05) is 53.7 Å². The number of hydrogen-bond donors (Lipinski definition) is 2. The lowest BCUT2D eigenvalue weighted by molar-refractivity contribution is 0.0730. The Balaban J connectivity index is 1.35. The molecule has 0 aliphatic carbocycles. The Hall–Kier alpha value is -2.72. The molecule has 32 heavy (non-hydrogen) atoms. The highest BCUT2D eigenvalue weighted by Gasteiger charge is 2.26. The molecule has 1 aromatic carbocycles. The standard InChI is InChI=1S/C23H24N4O3S2/c28-32(29,27-9-11-30-12-10-27)17-7-8-23(25-14-17)26-16-20(22-6-3-13-31-22)19-15-24-21-5-2-1-4-18(19)21/h1-8,13-15,20,24H,9-12,16H2,(H,25,26)/t20-/m0/s1. The van der Waals surface area contributed by atoms with E-state index in [1.807, 2.05) is 12.1 Å². The first kappa shape index (κ1) is 21.1. The first-order chi connectivity index (χ1) is 15.6. The molecular weight excluding hydrogens is 444 g/mol. The molecule has 0 unspecified atom stereocenters. The fourth-order valence-electron chi connectivity index (χ4n) is 4.02. The highest BCUT2D eigenvalue weighted by atomic mass is 32.2. The Morgan fingerprint density at radius 2 is 1.97 bits per heavy atom. The first-order valence-corrected chi connectivity index (χ1v) is 12.8. The number of nitrogens with zero attached hydrogens (tertiary/aromatic N) is 2. The van der Waals surface area contributed by atoms with Crippen LogP contribution in [0.15, 0.2) is 71.2 Å². The van der Waals surface area contributed by atoms with Crippen molar-refractivity contribution in [2.75, 3.05) is 38.2 Å². The fraction of sp³-hybridized carbons (Fsp3) is 0.261. The second-order valence-electron chi connectivity index (χ2n) is 7.63. The minimum absolute atomic E-state index is 0.143. The van der Waals surface area contributed by atoms with Crippen LogP contribution in [0.5, 0.6) is 0 Å². The summed E-state index contributed by atoms with van der Waals surface area (Å²) in [5.41, 5.74) is 2.34. The van der Waals surface area contributed by atoms with Crippen molar-refractivity contribution in [3.8, 4) is 0 Å². The quantitative estimate of drug-likeness (QED) is 0.430. The second kappa shape index (κ2) is 9.03. The lowest BCUT2D eigenvalue weighted by Gasteiger charge is -2.25. The van der Waals surface area contributed by atoms with Crippen molar-refractivity contribution in [1.29, 1.82) is 0 Å². The molecule has 4 aromatic rings. The van der Waals surface area contributed by atoms with Crippen LogP contribution in [-0.4, -0.2) is 55.5 Å². The molecule has 1 aliphatic rings. The second-order valence-corrected chi connectivity index (χ2v) is 10.6. The highest BCUT2D eigenvalue weighted by Crippen LogP contribution is 2.33. The maximum atomic E-state index is 12.8. The molecular formula is C23H24N4O3S2. The molecule has 4 heterocycles. The summed E-state index contributed by atoms with van der Waals surface area (Å²) in [4.78, 5) is 9.21. The van der Waals surface area contributed by atoms with E-state index in [0.717, 1.165) is 5.52 Å². The van der Waals surface area contributed by atoms with Gasteiger partial charge in [-0.2, -0.15) is 4.31 Å². The topological polar surface area (TPSA) is 87.3 Å². The van der Waals surface area contributed by atoms with Crippen LogP contribution in [0, 0.1) is 0 Å². The number of aromatic amines is 1. The van der Waals surface area contributed by atoms with E-state index in [2.05, 4.69) is 51.1 Å². The van der Waals surface area contributed by atoms with Gasteiger partial charge in [-0.1, -0.05) is 24.3 Å². The number of benzene rings is 1. The lowest BCUT2D eigenvalue weighted by atomic mass is 9.96. The number of pyridine rings is 1. The van der Waals surface area contributed by atoms with E-state index in [1.165, 1.54) is 26.3 Å². The normalized spacial score (nSPS) is 16.2. The summed E-state index contributed by atoms with van der Waals surface area (Å²) in [5.74, 6) is 0.789. The summed E-state index contributed by atoms with van der Waals surface area (Å²) in [6.45, 7) is 2.23. The average Bonchev–Trinajstić information content (AvgIpc) is 3.51. The minimum Gasteiger partial charge on any atom is -0.379 e. The third-order valence-corrected chi connectivity index (χ3v) is 8.58. The van der Waals surface area contributed by atoms with Crippen LogP contribution in [0.25, 0.3) is 10.9 Å². The van der Waals surface area contributed by atoms with E-state index in [0.29, 0.717) is 38.7 Å². The van der Waals surface area contributed by atoms with E-state index in [9.17, 15) is 8.42 Å². The van der Waals surface area contributed by atoms with E-state index in [-0.39, 0.29) is 10.8 Å². The molecule has 9 heteroatoms. The van der Waals surface area contributed by atoms with E-state index < -0.39 is 10.0 Å². The number of aromatic nitrogens is 2. The number of ether oxygens (including phenoxy) is 1. The molecule has 1 atom stereocenters. The number of hydrogen-bond acceptors (Lipinski definition) is 6. The molecule has 166 valence electrons. The highest BCUT2D eigenvalue weighted by molar-refractivity contribution is 7.89. The molecule has 0 radical (unpaired) electrons. The zero-order valence-electron chi connectivity index (χ0n) is 17.4. The molecule has 0 bridgehead atoms. The van der Waals surface area contributed by atoms with E-state index in [4.69, 9.17) is 4.74 Å². The van der Waals surface area contributed by atoms with Crippen molar-refractivity contribution in [2.24, 2.45) is 0 Å². The molecule has 7 nitrogen and oxygen atoms in total. The zero-order chi connectivity index (χ0) is 22.0. The van der Waals surface area contributed by atoms with Gasteiger partial charge in [-0.15, -0.1) is 11.3 Å². The van der Waals surface area contributed by atoms with Gasteiger partial charge in [-0.25, -0.2) is 13.4 Å². The van der Waals surface area contributed by atoms with Crippen LogP contribution >= 0.6 is 11.3 Å². The van der Waals surface area contributed by atoms with Crippen molar-refractivity contribution in [3.05, 3.63) is 76.7 Å². The third kappa shape index (κ3) is 4.16. The Morgan fingerprint density at radius 1 is 1.12 bits per heavy atom. The monoisotopic (exact) mass is 468 g/mol. The average molecular weight is 469 g/mol. The summed E-state index contributed by atoms with van der Waals surface area (Å²) >= 11 is 1.73. The van der Waals surface area contributed by atoms with Gasteiger partial charge in [-0.3, -0.25) is 0 Å². The van der Waals surface area contributed by atoms with Crippen molar-refractivity contribution in [2.45, 2.75) is 10.8 Å². The van der Waals surface area contributed by atoms with Crippen LogP contribution in [0.3, 0.4) is 0 Å². The number of H-pyrrole nitrogens is 1. The van der Waals surface area contributed by atoms with Crippen molar-refractivity contribution in [1.82, 2.24) is 14.3 Å². The van der Waals surface area contributed by atoms with E-state index in [1.54, 1.807) is 23.5 Å². The fourth-order valence-corrected chi connectivity index (χ4v) is 6.22. The summed E-state index contributed by atoms with van der Waals surface area (Å²) in [6.07, 6.45) is 3.50. The van der Waals surface area contributed by atoms with Crippen LogP contribution in [0.4, 0.5) is 5.82 Å². The van der Waals surface area contributed by atoms with E-state index >= 15 is 0 Å². The maximum Gasteiger partial charge on any atom is 0.244 e. The number of anilines is 1. The summed E-state index contributed by atoms with van der Waals surface area (Å²) < 4.78 is 32.3. The molecule has 1 fully saturated rings. The van der Waals surface area contributed by atoms with Gasteiger partial charge in [0.2, 0.25) is 10.0 Å². The number of nitrogens with one attached hydrogen (secondary N) is 2. The maximum absolute atomic E-state index is 12.8. The number of para-hydroxylation sites is 1. The zero-order valence-corrected chi connectivity index (χ0v) is 19.0. The summed E-state index contributed by atoms with van der Waals surface area (Å²) in [5, 5.41) is 6.68. The molecule has 0 spiro atoms. The predicted molar refractivity (Wildman–Crippen MR) is 127 cm³/mol. The molecule has 2 N–H and O–H groups in total. The van der Waals surface area contributed by atoms with Crippen LogP contribution in [0.1, 0.15) is 16.4 Å². The molecule has 5 rings (SSSR count). The van der Waals surface area contributed by atoms with Crippen LogP contribution in [-0.2, 0) is 14.8 Å². The number of fused-ring (bicyclic) bond motifs is 1. The Kier molecular flexibility index (Phi) is 5.97. The van der Waals surface area contributed by atoms with Crippen LogP contribution < -0.4 is 5.32 Å². The first-order valence-electron chi connectivity index (χ1n) is 10.5. The van der Waals surface area contributed by atoms with Crippen molar-refractivity contribution < 1.29 is 13.2 Å². The molecule has 1 aliphatic heterocycles. The number of rotatable bonds is 7. The molecule has 1 saturated heterocycles. The predicted octanol–water partition coefficient (Wildman–Crippen LogP) is 3.89. The Bertz CT molecular complexity index is 1280. The van der Waals surface area contributed by atoms with Gasteiger partial charge in [0.05, 0.1) is 13.2 Å². The van der Waals surface area contributed by atoms with Crippen LogP contribution in [0.2, 0.25) is 0 Å². The summed E-state index contributed by atoms with van der Waals surface area (Å²) in [7, 11) is -3.54. The Morgan fingerprint density at radius 3 is 2.72 bits per heavy atom. The molecule has 3 aromatic heterocycles. The van der Waals surface area contributed by atoms with Crippen molar-refractivity contribution >= 4 is 38.1 Å². The van der Waals surface area contributed by atoms with Gasteiger partial charge in [0.15, 0.2) is 0 Å². The van der Waals surface area contributed by atoms with Gasteiger partial charge in [0.1, 0.15) is 10.7 Å². The number of thiophene rings is 1. The largest absolute Gasteiger partial charge is 0.379 e. The molecule has 0 saturated carbocycles. The van der Waals surface area contributed by atoms with Crippen molar-refractivity contribution in [3.63, 3.8) is 0 Å². The third-order valence-electron chi connectivity index (χ3n) is 5.71. The summed E-state index contributed by atoms with van der Waals surface area (Å²) in [6, 6.07) is 15.8. The minimum atomic E-state index is -3.54. The van der Waals surface area contributed by atoms with Gasteiger partial charge < -0.3 is 15.0 Å². The lowest BCUT2D eigenvalue weighted by Crippen LogP contribution is -2.40. The molecule has 0 amide bonds. The van der Waals surface area contributed by atoms with Gasteiger partial charge in [0.25, 0.3) is 0 Å². The SMILES string of the molecule is O=S(=O)(c1ccc(NC[C@H](c2cccs2)c2c[nH]c3ccccc23)nc1)N1CCOCC1. The number of morpholine rings is 1. The number of sulfonamides is 1. The van der Waals surface area contributed by atoms with Gasteiger partial charge >= 0.3 is 0 Å².